The van der Waals surface area contributed by atoms with Crippen molar-refractivity contribution in [2.24, 2.45) is 5.73 Å². The lowest BCUT2D eigenvalue weighted by Crippen LogP contribution is -2.43. The van der Waals surface area contributed by atoms with Crippen LogP contribution >= 0.6 is 0 Å². The molecule has 0 aromatic heterocycles. The van der Waals surface area contributed by atoms with E-state index in [0.29, 0.717) is 13.0 Å². The van der Waals surface area contributed by atoms with E-state index in [-0.39, 0.29) is 11.5 Å². The number of primary amides is 1. The Morgan fingerprint density at radius 1 is 1.41 bits per heavy atom. The van der Waals surface area contributed by atoms with Crippen LogP contribution in [0, 0.1) is 5.82 Å². The molecule has 0 spiro atoms. The number of hydrogen-bond donors (Lipinski definition) is 1. The fraction of sp³-hybridized carbons (Fsp3) is 0.333. The third-order valence-electron chi connectivity index (χ3n) is 2.91. The van der Waals surface area contributed by atoms with Gasteiger partial charge in [-0.25, -0.2) is 4.39 Å². The number of carbonyl (C=O) groups is 2. The zero-order valence-corrected chi connectivity index (χ0v) is 9.23. The van der Waals surface area contributed by atoms with E-state index in [4.69, 9.17) is 5.73 Å². The molecule has 1 atom stereocenters. The van der Waals surface area contributed by atoms with E-state index in [1.165, 1.54) is 29.2 Å². The second-order valence-electron chi connectivity index (χ2n) is 4.07. The molecule has 0 radical (unpaired) electrons. The number of carbonyl (C=O) groups excluding carboxylic acids is 2. The topological polar surface area (TPSA) is 63.4 Å². The van der Waals surface area contributed by atoms with Crippen LogP contribution in [-0.2, 0) is 4.79 Å². The summed E-state index contributed by atoms with van der Waals surface area (Å²) < 4.78 is 13.0. The smallest absolute Gasteiger partial charge is 0.254 e. The van der Waals surface area contributed by atoms with Gasteiger partial charge in [0, 0.05) is 12.1 Å². The van der Waals surface area contributed by atoms with Gasteiger partial charge in [0.2, 0.25) is 5.91 Å². The zero-order valence-electron chi connectivity index (χ0n) is 9.23. The quantitative estimate of drug-likeness (QED) is 0.829. The first-order valence-electron chi connectivity index (χ1n) is 5.45. The molecule has 2 rings (SSSR count). The van der Waals surface area contributed by atoms with Crippen LogP contribution in [0.1, 0.15) is 23.2 Å². The van der Waals surface area contributed by atoms with Gasteiger partial charge in [0.25, 0.3) is 5.91 Å². The minimum atomic E-state index is -0.564. The van der Waals surface area contributed by atoms with Crippen LogP contribution < -0.4 is 5.73 Å². The van der Waals surface area contributed by atoms with Gasteiger partial charge < -0.3 is 10.6 Å². The summed E-state index contributed by atoms with van der Waals surface area (Å²) in [5.41, 5.74) is 5.48. The maximum Gasteiger partial charge on any atom is 0.254 e. The second kappa shape index (κ2) is 4.53. The molecule has 0 saturated carbocycles. The number of nitrogens with two attached hydrogens (primary N) is 1. The monoisotopic (exact) mass is 236 g/mol. The molecular formula is C12H13FN2O2. The van der Waals surface area contributed by atoms with Crippen molar-refractivity contribution < 1.29 is 14.0 Å². The molecule has 4 nitrogen and oxygen atoms in total. The molecule has 2 N–H and O–H groups in total. The van der Waals surface area contributed by atoms with Crippen LogP contribution in [0.5, 0.6) is 0 Å². The average molecular weight is 236 g/mol. The molecule has 1 unspecified atom stereocenters. The minimum absolute atomic E-state index is 0.248. The molecule has 1 fully saturated rings. The molecule has 1 aromatic rings. The van der Waals surface area contributed by atoms with Crippen molar-refractivity contribution in [1.82, 2.24) is 4.90 Å². The van der Waals surface area contributed by atoms with Gasteiger partial charge in [-0.3, -0.25) is 9.59 Å². The summed E-state index contributed by atoms with van der Waals surface area (Å²) >= 11 is 0. The summed E-state index contributed by atoms with van der Waals surface area (Å²) in [5.74, 6) is -1.32. The predicted octanol–water partition coefficient (Wildman–Crippen LogP) is 0.916. The van der Waals surface area contributed by atoms with Gasteiger partial charge in [-0.15, -0.1) is 0 Å². The minimum Gasteiger partial charge on any atom is -0.368 e. The molecule has 1 aliphatic rings. The van der Waals surface area contributed by atoms with Gasteiger partial charge >= 0.3 is 0 Å². The third kappa shape index (κ3) is 2.27. The first kappa shape index (κ1) is 11.6. The number of rotatable bonds is 2. The molecule has 90 valence electrons. The Bertz CT molecular complexity index is 462. The summed E-state index contributed by atoms with van der Waals surface area (Å²) in [4.78, 5) is 24.6. The van der Waals surface area contributed by atoms with E-state index in [1.807, 2.05) is 0 Å². The maximum atomic E-state index is 13.0. The third-order valence-corrected chi connectivity index (χ3v) is 2.91. The summed E-state index contributed by atoms with van der Waals surface area (Å²) in [6, 6.07) is 4.87. The van der Waals surface area contributed by atoms with Crippen LogP contribution in [-0.4, -0.2) is 29.3 Å². The van der Waals surface area contributed by atoms with E-state index >= 15 is 0 Å². The Hall–Kier alpha value is -1.91. The molecular weight excluding hydrogens is 223 g/mol. The van der Waals surface area contributed by atoms with Crippen molar-refractivity contribution in [2.45, 2.75) is 18.9 Å². The fourth-order valence-electron chi connectivity index (χ4n) is 2.09. The summed E-state index contributed by atoms with van der Waals surface area (Å²) in [6.45, 7) is 0.489. The number of likely N-dealkylation sites (tertiary alicyclic amines) is 1. The van der Waals surface area contributed by atoms with Crippen molar-refractivity contribution in [1.29, 1.82) is 0 Å². The first-order chi connectivity index (χ1) is 8.09. The summed E-state index contributed by atoms with van der Waals surface area (Å²) in [7, 11) is 0. The Morgan fingerprint density at radius 3 is 2.82 bits per heavy atom. The van der Waals surface area contributed by atoms with E-state index in [9.17, 15) is 14.0 Å². The molecule has 2 amide bonds. The van der Waals surface area contributed by atoms with Gasteiger partial charge in [0.05, 0.1) is 0 Å². The highest BCUT2D eigenvalue weighted by Crippen LogP contribution is 2.20. The van der Waals surface area contributed by atoms with Gasteiger partial charge in [-0.2, -0.15) is 0 Å². The number of halogens is 1. The molecule has 5 heteroatoms. The lowest BCUT2D eigenvalue weighted by atomic mass is 10.1. The highest BCUT2D eigenvalue weighted by Gasteiger charge is 2.33. The van der Waals surface area contributed by atoms with Gasteiger partial charge in [0.1, 0.15) is 11.9 Å². The predicted molar refractivity (Wildman–Crippen MR) is 59.7 cm³/mol. The van der Waals surface area contributed by atoms with Crippen molar-refractivity contribution in [3.63, 3.8) is 0 Å². The van der Waals surface area contributed by atoms with Crippen LogP contribution in [0.2, 0.25) is 0 Å². The Balaban J connectivity index is 2.23. The van der Waals surface area contributed by atoms with Crippen molar-refractivity contribution in [3.05, 3.63) is 35.6 Å². The largest absolute Gasteiger partial charge is 0.368 e. The number of benzene rings is 1. The van der Waals surface area contributed by atoms with E-state index < -0.39 is 17.8 Å². The van der Waals surface area contributed by atoms with Crippen LogP contribution in [0.4, 0.5) is 4.39 Å². The van der Waals surface area contributed by atoms with E-state index in [0.717, 1.165) is 6.42 Å². The molecule has 0 aliphatic carbocycles. The number of nitrogens with zero attached hydrogens (tertiary/aromatic N) is 1. The average Bonchev–Trinajstić information content (AvgIpc) is 2.77. The zero-order chi connectivity index (χ0) is 12.4. The molecule has 1 aromatic carbocycles. The van der Waals surface area contributed by atoms with Crippen LogP contribution in [0.15, 0.2) is 24.3 Å². The van der Waals surface area contributed by atoms with Crippen LogP contribution in [0.25, 0.3) is 0 Å². The summed E-state index contributed by atoms with van der Waals surface area (Å²) in [6.07, 6.45) is 1.32. The van der Waals surface area contributed by atoms with E-state index in [1.54, 1.807) is 0 Å². The Morgan fingerprint density at radius 2 is 2.18 bits per heavy atom. The summed E-state index contributed by atoms with van der Waals surface area (Å²) in [5, 5.41) is 0. The molecule has 1 saturated heterocycles. The van der Waals surface area contributed by atoms with Crippen LogP contribution in [0.3, 0.4) is 0 Å². The molecule has 1 aliphatic heterocycles. The standard InChI is InChI=1S/C12H13FN2O2/c13-9-4-1-3-8(7-9)12(17)15-6-2-5-10(15)11(14)16/h1,3-4,7,10H,2,5-6H2,(H2,14,16). The fourth-order valence-corrected chi connectivity index (χ4v) is 2.09. The highest BCUT2D eigenvalue weighted by molar-refractivity contribution is 5.97. The van der Waals surface area contributed by atoms with Gasteiger partial charge in [-0.05, 0) is 31.0 Å². The molecule has 1 heterocycles. The molecule has 0 bridgehead atoms. The molecule has 17 heavy (non-hydrogen) atoms. The SMILES string of the molecule is NC(=O)C1CCCN1C(=O)c1cccc(F)c1. The lowest BCUT2D eigenvalue weighted by molar-refractivity contribution is -0.121. The first-order valence-corrected chi connectivity index (χ1v) is 5.45. The Kier molecular flexibility index (Phi) is 3.08. The maximum absolute atomic E-state index is 13.0. The van der Waals surface area contributed by atoms with Gasteiger partial charge in [-0.1, -0.05) is 6.07 Å². The van der Waals surface area contributed by atoms with Crippen molar-refractivity contribution >= 4 is 11.8 Å². The normalized spacial score (nSPS) is 19.4. The van der Waals surface area contributed by atoms with E-state index in [2.05, 4.69) is 0 Å². The van der Waals surface area contributed by atoms with Crippen molar-refractivity contribution in [2.75, 3.05) is 6.54 Å². The van der Waals surface area contributed by atoms with Crippen molar-refractivity contribution in [3.8, 4) is 0 Å². The lowest BCUT2D eigenvalue weighted by Gasteiger charge is -2.22. The number of hydrogen-bond acceptors (Lipinski definition) is 2. The Labute approximate surface area is 98.2 Å². The second-order valence-corrected chi connectivity index (χ2v) is 4.07. The highest BCUT2D eigenvalue weighted by atomic mass is 19.1. The number of amides is 2. The van der Waals surface area contributed by atoms with Gasteiger partial charge in [0.15, 0.2) is 0 Å².